The first kappa shape index (κ1) is 11.5. The van der Waals surface area contributed by atoms with E-state index in [-0.39, 0.29) is 18.4 Å². The second-order valence-corrected chi connectivity index (χ2v) is 3.29. The second kappa shape index (κ2) is 5.36. The molecule has 0 radical (unpaired) electrons. The summed E-state index contributed by atoms with van der Waals surface area (Å²) in [6.45, 7) is 0. The lowest BCUT2D eigenvalue weighted by Crippen LogP contribution is -2.23. The van der Waals surface area contributed by atoms with Crippen molar-refractivity contribution in [3.8, 4) is 5.75 Å². The van der Waals surface area contributed by atoms with Crippen LogP contribution in [-0.4, -0.2) is 20.1 Å². The Morgan fingerprint density at radius 3 is 2.87 bits per heavy atom. The first-order valence-corrected chi connectivity index (χ1v) is 4.77. The summed E-state index contributed by atoms with van der Waals surface area (Å²) in [6.07, 6.45) is 0.281. The van der Waals surface area contributed by atoms with Crippen LogP contribution in [-0.2, 0) is 4.79 Å². The van der Waals surface area contributed by atoms with Gasteiger partial charge in [-0.15, -0.1) is 0 Å². The number of hydrogen-bond acceptors (Lipinski definition) is 3. The Morgan fingerprint density at radius 2 is 2.33 bits per heavy atom. The molecule has 82 valence electrons. The normalized spacial score (nSPS) is 12.1. The van der Waals surface area contributed by atoms with E-state index in [1.807, 2.05) is 24.3 Å². The highest BCUT2D eigenvalue weighted by Crippen LogP contribution is 2.20. The minimum Gasteiger partial charge on any atom is -0.497 e. The molecule has 0 saturated heterocycles. The zero-order valence-electron chi connectivity index (χ0n) is 8.99. The van der Waals surface area contributed by atoms with Gasteiger partial charge in [0.25, 0.3) is 0 Å². The minimum absolute atomic E-state index is 0.0578. The fourth-order valence-electron chi connectivity index (χ4n) is 1.45. The summed E-state index contributed by atoms with van der Waals surface area (Å²) >= 11 is 0. The van der Waals surface area contributed by atoms with E-state index in [0.29, 0.717) is 0 Å². The Bertz CT molecular complexity index is 339. The summed E-state index contributed by atoms with van der Waals surface area (Å²) in [4.78, 5) is 10.8. The highest BCUT2D eigenvalue weighted by atomic mass is 16.5. The van der Waals surface area contributed by atoms with E-state index in [0.717, 1.165) is 11.3 Å². The molecule has 0 spiro atoms. The van der Waals surface area contributed by atoms with Crippen LogP contribution in [0.4, 0.5) is 0 Å². The lowest BCUT2D eigenvalue weighted by atomic mass is 10.0. The molecular weight excluding hydrogens is 192 g/mol. The molecule has 1 aromatic carbocycles. The van der Waals surface area contributed by atoms with Crippen molar-refractivity contribution in [1.29, 1.82) is 0 Å². The smallest absolute Gasteiger partial charge is 0.219 e. The van der Waals surface area contributed by atoms with E-state index >= 15 is 0 Å². The predicted molar refractivity (Wildman–Crippen MR) is 58.6 cm³/mol. The number of carbonyl (C=O) groups is 1. The van der Waals surface area contributed by atoms with E-state index in [1.54, 1.807) is 14.2 Å². The topological polar surface area (TPSA) is 64.3 Å². The number of hydrogen-bond donors (Lipinski definition) is 2. The van der Waals surface area contributed by atoms with Crippen molar-refractivity contribution in [2.24, 2.45) is 5.73 Å². The van der Waals surface area contributed by atoms with Gasteiger partial charge in [-0.25, -0.2) is 0 Å². The van der Waals surface area contributed by atoms with Crippen LogP contribution in [0.1, 0.15) is 18.0 Å². The van der Waals surface area contributed by atoms with E-state index in [4.69, 9.17) is 10.5 Å². The van der Waals surface area contributed by atoms with Crippen molar-refractivity contribution >= 4 is 5.91 Å². The Hall–Kier alpha value is -1.55. The maximum absolute atomic E-state index is 10.8. The largest absolute Gasteiger partial charge is 0.497 e. The van der Waals surface area contributed by atoms with Gasteiger partial charge in [-0.3, -0.25) is 4.79 Å². The van der Waals surface area contributed by atoms with Gasteiger partial charge in [0.05, 0.1) is 7.11 Å². The Kier molecular flexibility index (Phi) is 4.12. The SMILES string of the molecule is CNC(CC(N)=O)c1cccc(OC)c1. The molecule has 3 N–H and O–H groups in total. The molecule has 0 bridgehead atoms. The van der Waals surface area contributed by atoms with Gasteiger partial charge in [-0.1, -0.05) is 12.1 Å². The van der Waals surface area contributed by atoms with Crippen molar-refractivity contribution in [3.05, 3.63) is 29.8 Å². The van der Waals surface area contributed by atoms with Crippen LogP contribution >= 0.6 is 0 Å². The highest BCUT2D eigenvalue weighted by molar-refractivity contribution is 5.74. The van der Waals surface area contributed by atoms with Gasteiger partial charge in [0.2, 0.25) is 5.91 Å². The number of methoxy groups -OCH3 is 1. The lowest BCUT2D eigenvalue weighted by molar-refractivity contribution is -0.118. The molecule has 0 aromatic heterocycles. The summed E-state index contributed by atoms with van der Waals surface area (Å²) in [5.41, 5.74) is 6.16. The number of nitrogens with one attached hydrogen (secondary N) is 1. The molecule has 1 amide bonds. The van der Waals surface area contributed by atoms with Crippen LogP contribution in [0.2, 0.25) is 0 Å². The third-order valence-electron chi connectivity index (χ3n) is 2.25. The molecule has 0 fully saturated rings. The molecule has 4 nitrogen and oxygen atoms in total. The number of rotatable bonds is 5. The standard InChI is InChI=1S/C11H16N2O2/c1-13-10(7-11(12)14)8-4-3-5-9(6-8)15-2/h3-6,10,13H,7H2,1-2H3,(H2,12,14). The first-order valence-electron chi connectivity index (χ1n) is 4.77. The maximum Gasteiger partial charge on any atom is 0.219 e. The van der Waals surface area contributed by atoms with E-state index in [9.17, 15) is 4.79 Å². The third kappa shape index (κ3) is 3.25. The van der Waals surface area contributed by atoms with E-state index in [2.05, 4.69) is 5.32 Å². The summed E-state index contributed by atoms with van der Waals surface area (Å²) in [7, 11) is 3.41. The van der Waals surface area contributed by atoms with Gasteiger partial charge in [0.15, 0.2) is 0 Å². The maximum atomic E-state index is 10.8. The van der Waals surface area contributed by atoms with Crippen LogP contribution in [0.15, 0.2) is 24.3 Å². The van der Waals surface area contributed by atoms with Gasteiger partial charge in [-0.05, 0) is 24.7 Å². The van der Waals surface area contributed by atoms with Gasteiger partial charge in [0.1, 0.15) is 5.75 Å². The molecule has 0 heterocycles. The molecule has 1 rings (SSSR count). The Balaban J connectivity index is 2.85. The molecular formula is C11H16N2O2. The average Bonchev–Trinajstić information content (AvgIpc) is 2.25. The summed E-state index contributed by atoms with van der Waals surface area (Å²) in [6, 6.07) is 7.52. The number of carbonyl (C=O) groups excluding carboxylic acids is 1. The number of primary amides is 1. The lowest BCUT2D eigenvalue weighted by Gasteiger charge is -2.15. The number of benzene rings is 1. The molecule has 0 aliphatic rings. The fraction of sp³-hybridized carbons (Fsp3) is 0.364. The minimum atomic E-state index is -0.322. The molecule has 0 aliphatic heterocycles. The van der Waals surface area contributed by atoms with Crippen molar-refractivity contribution in [2.75, 3.05) is 14.2 Å². The highest BCUT2D eigenvalue weighted by Gasteiger charge is 2.12. The van der Waals surface area contributed by atoms with Gasteiger partial charge in [0, 0.05) is 12.5 Å². The Labute approximate surface area is 89.4 Å². The molecule has 1 aromatic rings. The zero-order chi connectivity index (χ0) is 11.3. The third-order valence-corrected chi connectivity index (χ3v) is 2.25. The fourth-order valence-corrected chi connectivity index (χ4v) is 1.45. The molecule has 0 saturated carbocycles. The molecule has 0 aliphatic carbocycles. The van der Waals surface area contributed by atoms with Crippen LogP contribution in [0.3, 0.4) is 0 Å². The summed E-state index contributed by atoms with van der Waals surface area (Å²) in [5.74, 6) is 0.453. The van der Waals surface area contributed by atoms with Crippen LogP contribution in [0.5, 0.6) is 5.75 Å². The molecule has 4 heteroatoms. The van der Waals surface area contributed by atoms with Crippen molar-refractivity contribution < 1.29 is 9.53 Å². The van der Waals surface area contributed by atoms with Crippen molar-refractivity contribution in [3.63, 3.8) is 0 Å². The summed E-state index contributed by atoms with van der Waals surface area (Å²) in [5, 5.41) is 3.04. The molecule has 1 unspecified atom stereocenters. The van der Waals surface area contributed by atoms with Gasteiger partial charge < -0.3 is 15.8 Å². The van der Waals surface area contributed by atoms with Crippen LogP contribution < -0.4 is 15.8 Å². The van der Waals surface area contributed by atoms with Crippen LogP contribution in [0, 0.1) is 0 Å². The molecule has 15 heavy (non-hydrogen) atoms. The van der Waals surface area contributed by atoms with Gasteiger partial charge >= 0.3 is 0 Å². The quantitative estimate of drug-likeness (QED) is 0.753. The Morgan fingerprint density at radius 1 is 1.60 bits per heavy atom. The van der Waals surface area contributed by atoms with Crippen molar-refractivity contribution in [2.45, 2.75) is 12.5 Å². The number of amides is 1. The zero-order valence-corrected chi connectivity index (χ0v) is 8.99. The monoisotopic (exact) mass is 208 g/mol. The first-order chi connectivity index (χ1) is 7.17. The number of nitrogens with two attached hydrogens (primary N) is 1. The predicted octanol–water partition coefficient (Wildman–Crippen LogP) is 0.831. The average molecular weight is 208 g/mol. The van der Waals surface area contributed by atoms with Crippen molar-refractivity contribution in [1.82, 2.24) is 5.32 Å². The summed E-state index contributed by atoms with van der Waals surface area (Å²) < 4.78 is 5.11. The number of ether oxygens (including phenoxy) is 1. The van der Waals surface area contributed by atoms with Gasteiger partial charge in [-0.2, -0.15) is 0 Å². The molecule has 1 atom stereocenters. The van der Waals surface area contributed by atoms with E-state index in [1.165, 1.54) is 0 Å². The van der Waals surface area contributed by atoms with E-state index < -0.39 is 0 Å². The van der Waals surface area contributed by atoms with Crippen LogP contribution in [0.25, 0.3) is 0 Å². The second-order valence-electron chi connectivity index (χ2n) is 3.29.